The number of hydrogen-bond acceptors (Lipinski definition) is 3. The predicted molar refractivity (Wildman–Crippen MR) is 59.6 cm³/mol. The summed E-state index contributed by atoms with van der Waals surface area (Å²) in [5.74, 6) is -1.90. The molecule has 0 spiro atoms. The van der Waals surface area contributed by atoms with Crippen LogP contribution in [-0.4, -0.2) is 48.1 Å². The molecule has 0 saturated heterocycles. The first kappa shape index (κ1) is 16.7. The van der Waals surface area contributed by atoms with E-state index in [9.17, 15) is 22.8 Å². The minimum absolute atomic E-state index is 0.159. The van der Waals surface area contributed by atoms with Gasteiger partial charge in [-0.2, -0.15) is 13.2 Å². The first-order chi connectivity index (χ1) is 7.89. The number of nitrogens with zero attached hydrogens (tertiary/aromatic N) is 1. The van der Waals surface area contributed by atoms with Gasteiger partial charge in [-0.25, -0.2) is 0 Å². The van der Waals surface area contributed by atoms with Crippen LogP contribution in [0.2, 0.25) is 0 Å². The van der Waals surface area contributed by atoms with Crippen molar-refractivity contribution in [2.24, 2.45) is 5.73 Å². The van der Waals surface area contributed by atoms with Gasteiger partial charge in [-0.3, -0.25) is 9.59 Å². The maximum Gasteiger partial charge on any atom is 0.415 e. The van der Waals surface area contributed by atoms with E-state index in [1.165, 1.54) is 0 Å². The molecule has 0 heterocycles. The van der Waals surface area contributed by atoms with Gasteiger partial charge in [0.2, 0.25) is 5.91 Å². The molecule has 3 N–H and O–H groups in total. The third-order valence-corrected chi connectivity index (χ3v) is 2.21. The Morgan fingerprint density at radius 1 is 1.33 bits per heavy atom. The summed E-state index contributed by atoms with van der Waals surface area (Å²) in [6.45, 7) is 3.50. The highest BCUT2D eigenvalue weighted by Gasteiger charge is 2.55. The lowest BCUT2D eigenvalue weighted by atomic mass is 10.0. The molecule has 8 heteroatoms. The number of rotatable bonds is 4. The normalized spacial score (nSPS) is 15.2. The van der Waals surface area contributed by atoms with Crippen molar-refractivity contribution >= 4 is 11.8 Å². The van der Waals surface area contributed by atoms with E-state index < -0.39 is 30.1 Å². The monoisotopic (exact) mass is 269 g/mol. The van der Waals surface area contributed by atoms with Crippen LogP contribution in [-0.2, 0) is 9.59 Å². The van der Waals surface area contributed by atoms with Gasteiger partial charge >= 0.3 is 6.18 Å². The molecule has 0 aliphatic carbocycles. The molecule has 1 atom stereocenters. The van der Waals surface area contributed by atoms with Gasteiger partial charge in [-0.05, 0) is 20.8 Å². The van der Waals surface area contributed by atoms with Crippen molar-refractivity contribution in [3.63, 3.8) is 0 Å². The van der Waals surface area contributed by atoms with Gasteiger partial charge in [0.1, 0.15) is 0 Å². The summed E-state index contributed by atoms with van der Waals surface area (Å²) in [5.41, 5.74) is 1.97. The Morgan fingerprint density at radius 3 is 2.11 bits per heavy atom. The third-order valence-electron chi connectivity index (χ3n) is 2.21. The SMILES string of the molecule is CC(C)NC(=O)CN(C)C(=O)C(C)(N)C(F)(F)F. The Kier molecular flexibility index (Phi) is 5.15. The first-order valence-electron chi connectivity index (χ1n) is 5.30. The van der Waals surface area contributed by atoms with Crippen LogP contribution < -0.4 is 11.1 Å². The smallest absolute Gasteiger partial charge is 0.352 e. The molecule has 0 aliphatic rings. The maximum absolute atomic E-state index is 12.5. The van der Waals surface area contributed by atoms with Crippen molar-refractivity contribution in [2.75, 3.05) is 13.6 Å². The van der Waals surface area contributed by atoms with Gasteiger partial charge in [-0.1, -0.05) is 0 Å². The minimum atomic E-state index is -4.87. The predicted octanol–water partition coefficient (Wildman–Crippen LogP) is 0.249. The molecular formula is C10H18F3N3O2. The van der Waals surface area contributed by atoms with Gasteiger partial charge in [0.25, 0.3) is 5.91 Å². The Bertz CT molecular complexity index is 327. The van der Waals surface area contributed by atoms with Crippen LogP contribution in [0.3, 0.4) is 0 Å². The Morgan fingerprint density at radius 2 is 1.78 bits per heavy atom. The fourth-order valence-electron chi connectivity index (χ4n) is 1.17. The van der Waals surface area contributed by atoms with Crippen LogP contribution in [0.5, 0.6) is 0 Å². The van der Waals surface area contributed by atoms with Gasteiger partial charge in [-0.15, -0.1) is 0 Å². The van der Waals surface area contributed by atoms with Crippen LogP contribution in [0.4, 0.5) is 13.2 Å². The number of nitrogens with one attached hydrogen (secondary N) is 1. The number of carbonyl (C=O) groups is 2. The molecule has 0 bridgehead atoms. The molecule has 0 fully saturated rings. The van der Waals surface area contributed by atoms with Crippen molar-refractivity contribution in [3.8, 4) is 0 Å². The molecule has 0 aromatic carbocycles. The molecule has 18 heavy (non-hydrogen) atoms. The lowest BCUT2D eigenvalue weighted by molar-refractivity contribution is -0.193. The lowest BCUT2D eigenvalue weighted by Gasteiger charge is -2.30. The van der Waals surface area contributed by atoms with E-state index in [-0.39, 0.29) is 6.04 Å². The highest BCUT2D eigenvalue weighted by atomic mass is 19.4. The third kappa shape index (κ3) is 4.17. The van der Waals surface area contributed by atoms with Crippen molar-refractivity contribution in [3.05, 3.63) is 0 Å². The second-order valence-corrected chi connectivity index (χ2v) is 4.58. The first-order valence-corrected chi connectivity index (χ1v) is 5.30. The highest BCUT2D eigenvalue weighted by molar-refractivity contribution is 5.90. The maximum atomic E-state index is 12.5. The molecule has 0 saturated carbocycles. The number of amides is 2. The summed E-state index contributed by atoms with van der Waals surface area (Å²) in [4.78, 5) is 23.5. The molecule has 1 unspecified atom stereocenters. The molecule has 106 valence electrons. The van der Waals surface area contributed by atoms with Gasteiger partial charge < -0.3 is 16.0 Å². The summed E-state index contributed by atoms with van der Waals surface area (Å²) in [7, 11) is 1.10. The van der Waals surface area contributed by atoms with Crippen molar-refractivity contribution < 1.29 is 22.8 Å². The van der Waals surface area contributed by atoms with Crippen LogP contribution >= 0.6 is 0 Å². The summed E-state index contributed by atoms with van der Waals surface area (Å²) >= 11 is 0. The van der Waals surface area contributed by atoms with E-state index in [1.807, 2.05) is 0 Å². The zero-order chi connectivity index (χ0) is 14.7. The van der Waals surface area contributed by atoms with Gasteiger partial charge in [0.15, 0.2) is 5.54 Å². The fraction of sp³-hybridized carbons (Fsp3) is 0.800. The summed E-state index contributed by atoms with van der Waals surface area (Å²) in [6.07, 6.45) is -4.87. The zero-order valence-electron chi connectivity index (χ0n) is 10.8. The Hall–Kier alpha value is -1.31. The van der Waals surface area contributed by atoms with E-state index in [0.29, 0.717) is 11.8 Å². The fourth-order valence-corrected chi connectivity index (χ4v) is 1.17. The van der Waals surface area contributed by atoms with Crippen LogP contribution in [0, 0.1) is 0 Å². The number of halogens is 3. The molecular weight excluding hydrogens is 251 g/mol. The average molecular weight is 269 g/mol. The molecule has 0 rings (SSSR count). The Labute approximate surface area is 103 Å². The Balaban J connectivity index is 4.67. The number of alkyl halides is 3. The number of likely N-dealkylation sites (N-methyl/N-ethyl adjacent to an activating group) is 1. The summed E-state index contributed by atoms with van der Waals surface area (Å²) in [6, 6.07) is -0.159. The largest absolute Gasteiger partial charge is 0.415 e. The molecule has 0 aliphatic heterocycles. The van der Waals surface area contributed by atoms with E-state index in [1.54, 1.807) is 13.8 Å². The second-order valence-electron chi connectivity index (χ2n) is 4.58. The van der Waals surface area contributed by atoms with E-state index in [2.05, 4.69) is 5.32 Å². The second kappa shape index (κ2) is 5.55. The molecule has 0 aromatic rings. The van der Waals surface area contributed by atoms with Crippen LogP contribution in [0.15, 0.2) is 0 Å². The average Bonchev–Trinajstić information content (AvgIpc) is 2.12. The summed E-state index contributed by atoms with van der Waals surface area (Å²) in [5, 5.41) is 2.46. The van der Waals surface area contributed by atoms with Crippen molar-refractivity contribution in [1.29, 1.82) is 0 Å². The van der Waals surface area contributed by atoms with E-state index in [0.717, 1.165) is 7.05 Å². The van der Waals surface area contributed by atoms with Crippen molar-refractivity contribution in [1.82, 2.24) is 10.2 Å². The molecule has 2 amide bonds. The molecule has 0 aromatic heterocycles. The van der Waals surface area contributed by atoms with Crippen LogP contribution in [0.1, 0.15) is 20.8 Å². The number of carbonyl (C=O) groups excluding carboxylic acids is 2. The van der Waals surface area contributed by atoms with E-state index >= 15 is 0 Å². The topological polar surface area (TPSA) is 75.4 Å². The van der Waals surface area contributed by atoms with Crippen LogP contribution in [0.25, 0.3) is 0 Å². The molecule has 0 radical (unpaired) electrons. The number of hydrogen-bond donors (Lipinski definition) is 2. The lowest BCUT2D eigenvalue weighted by Crippen LogP contribution is -2.62. The van der Waals surface area contributed by atoms with E-state index in [4.69, 9.17) is 5.73 Å². The minimum Gasteiger partial charge on any atom is -0.352 e. The summed E-state index contributed by atoms with van der Waals surface area (Å²) < 4.78 is 37.6. The van der Waals surface area contributed by atoms with Gasteiger partial charge in [0, 0.05) is 13.1 Å². The standard InChI is InChI=1S/C10H18F3N3O2/c1-6(2)15-7(17)5-16(4)8(18)9(3,14)10(11,12)13/h6H,5,14H2,1-4H3,(H,15,17). The zero-order valence-corrected chi connectivity index (χ0v) is 10.8. The quantitative estimate of drug-likeness (QED) is 0.768. The highest BCUT2D eigenvalue weighted by Crippen LogP contribution is 2.29. The van der Waals surface area contributed by atoms with Crippen molar-refractivity contribution in [2.45, 2.75) is 38.5 Å². The molecule has 5 nitrogen and oxygen atoms in total. The number of nitrogens with two attached hydrogens (primary N) is 1. The van der Waals surface area contributed by atoms with Gasteiger partial charge in [0.05, 0.1) is 6.54 Å².